The summed E-state index contributed by atoms with van der Waals surface area (Å²) in [6.45, 7) is 2.44. The fourth-order valence-electron chi connectivity index (χ4n) is 3.79. The number of nitrogens with zero attached hydrogens (tertiary/aromatic N) is 1. The summed E-state index contributed by atoms with van der Waals surface area (Å²) in [5.41, 5.74) is -1.79. The highest BCUT2D eigenvalue weighted by molar-refractivity contribution is 7.99. The van der Waals surface area contributed by atoms with E-state index >= 15 is 8.78 Å². The summed E-state index contributed by atoms with van der Waals surface area (Å²) in [7, 11) is -0.791. The van der Waals surface area contributed by atoms with Crippen molar-refractivity contribution in [1.29, 1.82) is 0 Å². The molecule has 1 heterocycles. The molecule has 0 bridgehead atoms. The first kappa shape index (κ1) is 29.3. The van der Waals surface area contributed by atoms with Crippen LogP contribution in [-0.4, -0.2) is 63.9 Å². The molecule has 12 heteroatoms. The van der Waals surface area contributed by atoms with E-state index in [0.717, 1.165) is 11.3 Å². The Morgan fingerprint density at radius 1 is 1.14 bits per heavy atom. The van der Waals surface area contributed by atoms with Gasteiger partial charge in [0.1, 0.15) is 17.1 Å². The van der Waals surface area contributed by atoms with Crippen LogP contribution in [0.5, 0.6) is 0 Å². The molecule has 0 saturated carbocycles. The summed E-state index contributed by atoms with van der Waals surface area (Å²) in [6.07, 6.45) is 2.33. The molecule has 2 aromatic carbocycles. The Hall–Kier alpha value is -2.28. The van der Waals surface area contributed by atoms with Crippen molar-refractivity contribution in [1.82, 2.24) is 9.62 Å². The topological polar surface area (TPSA) is 87.7 Å². The highest BCUT2D eigenvalue weighted by Crippen LogP contribution is 2.28. The molecule has 1 aliphatic rings. The number of halogens is 3. The second-order valence-electron chi connectivity index (χ2n) is 9.43. The molecule has 2 aromatic rings. The van der Waals surface area contributed by atoms with Crippen molar-refractivity contribution >= 4 is 33.4 Å². The van der Waals surface area contributed by atoms with Gasteiger partial charge in [-0.25, -0.2) is 26.3 Å². The zero-order valence-electron chi connectivity index (χ0n) is 21.0. The zero-order chi connectivity index (χ0) is 27.2. The minimum absolute atomic E-state index is 0.321. The van der Waals surface area contributed by atoms with Gasteiger partial charge in [0.15, 0.2) is 11.6 Å². The van der Waals surface area contributed by atoms with Crippen LogP contribution in [0.1, 0.15) is 32.6 Å². The predicted octanol–water partition coefficient (Wildman–Crippen LogP) is 4.39. The van der Waals surface area contributed by atoms with Gasteiger partial charge in [-0.2, -0.15) is 0 Å². The minimum Gasteiger partial charge on any atom is -0.377 e. The number of sulfonamides is 1. The van der Waals surface area contributed by atoms with Crippen LogP contribution in [0, 0.1) is 17.5 Å². The second-order valence-corrected chi connectivity index (χ2v) is 12.2. The van der Waals surface area contributed by atoms with Crippen molar-refractivity contribution in [3.05, 3.63) is 53.8 Å². The number of thioether (sulfide) groups is 1. The first-order valence-corrected chi connectivity index (χ1v) is 14.4. The molecule has 2 N–H and O–H groups in total. The van der Waals surface area contributed by atoms with Crippen LogP contribution in [0.15, 0.2) is 46.2 Å². The van der Waals surface area contributed by atoms with Gasteiger partial charge >= 0.3 is 0 Å². The summed E-state index contributed by atoms with van der Waals surface area (Å²) in [5, 5.41) is 2.86. The molecule has 0 aromatic heterocycles. The quantitative estimate of drug-likeness (QED) is 0.395. The largest absolute Gasteiger partial charge is 0.377 e. The van der Waals surface area contributed by atoms with Crippen molar-refractivity contribution in [2.24, 2.45) is 0 Å². The van der Waals surface area contributed by atoms with E-state index in [1.54, 1.807) is 12.1 Å². The van der Waals surface area contributed by atoms with Crippen molar-refractivity contribution in [2.75, 3.05) is 38.3 Å². The van der Waals surface area contributed by atoms with Crippen LogP contribution in [0.3, 0.4) is 0 Å². The van der Waals surface area contributed by atoms with E-state index < -0.39 is 43.7 Å². The molecule has 0 aliphatic carbocycles. The van der Waals surface area contributed by atoms with E-state index in [2.05, 4.69) is 5.32 Å². The molecular formula is C25H32F3N3O4S2. The predicted molar refractivity (Wildman–Crippen MR) is 138 cm³/mol. The van der Waals surface area contributed by atoms with Crippen LogP contribution in [0.2, 0.25) is 0 Å². The molecule has 0 unspecified atom stereocenters. The SMILES string of the molecule is CN(C)CC[C@H](CSc1ccc(F)cc1)Nc1c(F)cc(S(=O)(=O)NC(=O)[C@@]2(C)CCCCO2)cc1F. The summed E-state index contributed by atoms with van der Waals surface area (Å²) < 4.78 is 76.1. The van der Waals surface area contributed by atoms with E-state index in [1.165, 1.54) is 30.8 Å². The van der Waals surface area contributed by atoms with Gasteiger partial charge in [-0.1, -0.05) is 0 Å². The van der Waals surface area contributed by atoms with Crippen LogP contribution in [-0.2, 0) is 19.6 Å². The molecule has 1 aliphatic heterocycles. The number of hydrogen-bond donors (Lipinski definition) is 2. The fraction of sp³-hybridized carbons (Fsp3) is 0.480. The Labute approximate surface area is 220 Å². The summed E-state index contributed by atoms with van der Waals surface area (Å²) in [5.74, 6) is -3.02. The van der Waals surface area contributed by atoms with Crippen molar-refractivity contribution in [2.45, 2.75) is 54.0 Å². The van der Waals surface area contributed by atoms with E-state index in [4.69, 9.17) is 4.74 Å². The minimum atomic E-state index is -4.54. The Morgan fingerprint density at radius 3 is 2.35 bits per heavy atom. The van der Waals surface area contributed by atoms with Gasteiger partial charge in [-0.05, 0) is 89.6 Å². The number of hydrogen-bond acceptors (Lipinski definition) is 7. The Balaban J connectivity index is 1.75. The van der Waals surface area contributed by atoms with E-state index in [-0.39, 0.29) is 11.9 Å². The van der Waals surface area contributed by atoms with Crippen molar-refractivity contribution in [3.8, 4) is 0 Å². The molecule has 2 atom stereocenters. The summed E-state index contributed by atoms with van der Waals surface area (Å²) >= 11 is 1.40. The monoisotopic (exact) mass is 559 g/mol. The third-order valence-corrected chi connectivity index (χ3v) is 8.53. The van der Waals surface area contributed by atoms with Crippen molar-refractivity contribution < 1.29 is 31.1 Å². The third-order valence-electron chi connectivity index (χ3n) is 6.04. The fourth-order valence-corrected chi connectivity index (χ4v) is 5.86. The summed E-state index contributed by atoms with van der Waals surface area (Å²) in [4.78, 5) is 14.6. The van der Waals surface area contributed by atoms with Gasteiger partial charge in [0.2, 0.25) is 0 Å². The maximum absolute atomic E-state index is 15.0. The third kappa shape index (κ3) is 8.10. The standard InChI is InChI=1S/C25H32F3N3O4S2/c1-25(11-4-5-13-35-25)24(32)30-37(33,34)20-14-21(27)23(22(28)15-20)29-18(10-12-31(2)3)16-36-19-8-6-17(26)7-9-19/h6-9,14-15,18,29H,4-5,10-13,16H2,1-3H3,(H,30,32)/t18-,25-/m1/s1. The number of nitrogens with one attached hydrogen (secondary N) is 2. The average Bonchev–Trinajstić information content (AvgIpc) is 2.83. The van der Waals surface area contributed by atoms with Gasteiger partial charge in [0, 0.05) is 23.3 Å². The van der Waals surface area contributed by atoms with Crippen molar-refractivity contribution in [3.63, 3.8) is 0 Å². The molecule has 204 valence electrons. The molecule has 1 amide bonds. The number of benzene rings is 2. The second kappa shape index (κ2) is 12.5. The van der Waals surface area contributed by atoms with Crippen LogP contribution in [0.4, 0.5) is 18.9 Å². The Kier molecular flexibility index (Phi) is 9.90. The summed E-state index contributed by atoms with van der Waals surface area (Å²) in [6, 6.07) is 6.90. The van der Waals surface area contributed by atoms with Crippen LogP contribution < -0.4 is 10.0 Å². The maximum atomic E-state index is 15.0. The molecule has 37 heavy (non-hydrogen) atoms. The molecule has 0 radical (unpaired) electrons. The van der Waals surface area contributed by atoms with Gasteiger partial charge in [-0.15, -0.1) is 11.8 Å². The first-order chi connectivity index (χ1) is 17.4. The molecule has 1 saturated heterocycles. The van der Waals surface area contributed by atoms with Crippen LogP contribution in [0.25, 0.3) is 0 Å². The molecule has 0 spiro atoms. The molecule has 1 fully saturated rings. The smallest absolute Gasteiger partial charge is 0.265 e. The van der Waals surface area contributed by atoms with Crippen LogP contribution >= 0.6 is 11.8 Å². The maximum Gasteiger partial charge on any atom is 0.265 e. The normalized spacial score (nSPS) is 19.0. The lowest BCUT2D eigenvalue weighted by Gasteiger charge is -2.32. The molecular weight excluding hydrogens is 527 g/mol. The van der Waals surface area contributed by atoms with Gasteiger partial charge < -0.3 is 15.0 Å². The van der Waals surface area contributed by atoms with E-state index in [9.17, 15) is 17.6 Å². The first-order valence-electron chi connectivity index (χ1n) is 11.9. The molecule has 3 rings (SSSR count). The number of carbonyl (C=O) groups excluding carboxylic acids is 1. The Bertz CT molecular complexity index is 1170. The number of carbonyl (C=O) groups is 1. The number of amides is 1. The van der Waals surface area contributed by atoms with Gasteiger partial charge in [-0.3, -0.25) is 4.79 Å². The average molecular weight is 560 g/mol. The number of rotatable bonds is 11. The highest BCUT2D eigenvalue weighted by Gasteiger charge is 2.38. The van der Waals surface area contributed by atoms with E-state index in [1.807, 2.05) is 23.7 Å². The zero-order valence-corrected chi connectivity index (χ0v) is 22.7. The number of ether oxygens (including phenoxy) is 1. The lowest BCUT2D eigenvalue weighted by Crippen LogP contribution is -2.50. The lowest BCUT2D eigenvalue weighted by molar-refractivity contribution is -0.148. The Morgan fingerprint density at radius 2 is 1.78 bits per heavy atom. The number of anilines is 1. The van der Waals surface area contributed by atoms with Gasteiger partial charge in [0.05, 0.1) is 4.90 Å². The molecule has 7 nitrogen and oxygen atoms in total. The van der Waals surface area contributed by atoms with E-state index in [0.29, 0.717) is 50.3 Å². The highest BCUT2D eigenvalue weighted by atomic mass is 32.2. The van der Waals surface area contributed by atoms with Gasteiger partial charge in [0.25, 0.3) is 15.9 Å². The lowest BCUT2D eigenvalue weighted by atomic mass is 9.95.